The number of nitrogens with zero attached hydrogens (tertiary/aromatic N) is 2. The number of amides is 2. The molecule has 0 atom stereocenters. The first-order valence-corrected chi connectivity index (χ1v) is 9.33. The molecule has 0 spiro atoms. The Hall–Kier alpha value is -1.06. The van der Waals surface area contributed by atoms with E-state index in [-0.39, 0.29) is 0 Å². The molecule has 2 aliphatic heterocycles. The molecule has 0 aromatic carbocycles. The first-order valence-electron chi connectivity index (χ1n) is 9.33. The predicted molar refractivity (Wildman–Crippen MR) is 88.6 cm³/mol. The molecule has 0 N–H and O–H groups in total. The molecule has 2 fully saturated rings. The molecule has 0 bridgehead atoms. The smallest absolute Gasteiger partial charge is 0.222 e. The summed E-state index contributed by atoms with van der Waals surface area (Å²) in [5, 5.41) is 0. The van der Waals surface area contributed by atoms with E-state index >= 15 is 0 Å². The maximum Gasteiger partial charge on any atom is 0.222 e. The van der Waals surface area contributed by atoms with Gasteiger partial charge in [-0.05, 0) is 38.5 Å². The van der Waals surface area contributed by atoms with Crippen LogP contribution in [0.25, 0.3) is 0 Å². The van der Waals surface area contributed by atoms with Crippen LogP contribution in [0.15, 0.2) is 0 Å². The van der Waals surface area contributed by atoms with Gasteiger partial charge in [-0.25, -0.2) is 0 Å². The molecule has 0 aromatic heterocycles. The van der Waals surface area contributed by atoms with Gasteiger partial charge in [0.1, 0.15) is 0 Å². The lowest BCUT2D eigenvalue weighted by Crippen LogP contribution is -2.27. The Labute approximate surface area is 135 Å². The van der Waals surface area contributed by atoms with E-state index in [4.69, 9.17) is 0 Å². The minimum Gasteiger partial charge on any atom is -0.343 e. The molecule has 2 aliphatic rings. The van der Waals surface area contributed by atoms with Crippen LogP contribution < -0.4 is 0 Å². The van der Waals surface area contributed by atoms with E-state index in [0.717, 1.165) is 64.7 Å². The van der Waals surface area contributed by atoms with Crippen molar-refractivity contribution >= 4 is 11.8 Å². The first-order chi connectivity index (χ1) is 10.8. The lowest BCUT2D eigenvalue weighted by atomic mass is 10.1. The average Bonchev–Trinajstić information content (AvgIpc) is 3.22. The number of unbranched alkanes of at least 4 members (excludes halogenated alkanes) is 5. The number of hydrogen-bond donors (Lipinski definition) is 0. The zero-order chi connectivity index (χ0) is 15.6. The Morgan fingerprint density at radius 2 is 0.864 bits per heavy atom. The van der Waals surface area contributed by atoms with Crippen LogP contribution in [0.1, 0.15) is 77.0 Å². The number of carbonyl (C=O) groups is 2. The summed E-state index contributed by atoms with van der Waals surface area (Å²) < 4.78 is 0. The highest BCUT2D eigenvalue weighted by Gasteiger charge is 2.17. The quantitative estimate of drug-likeness (QED) is 0.613. The number of hydrogen-bond acceptors (Lipinski definition) is 2. The van der Waals surface area contributed by atoms with Crippen molar-refractivity contribution in [3.05, 3.63) is 0 Å². The van der Waals surface area contributed by atoms with Gasteiger partial charge in [0.05, 0.1) is 0 Å². The zero-order valence-electron chi connectivity index (χ0n) is 14.0. The van der Waals surface area contributed by atoms with Gasteiger partial charge in [0.2, 0.25) is 11.8 Å². The van der Waals surface area contributed by atoms with Gasteiger partial charge in [-0.15, -0.1) is 0 Å². The molecule has 0 saturated carbocycles. The second kappa shape index (κ2) is 9.86. The molecule has 22 heavy (non-hydrogen) atoms. The summed E-state index contributed by atoms with van der Waals surface area (Å²) in [6.07, 6.45) is 13.0. The van der Waals surface area contributed by atoms with Gasteiger partial charge in [0.25, 0.3) is 0 Å². The summed E-state index contributed by atoms with van der Waals surface area (Å²) in [4.78, 5) is 27.8. The van der Waals surface area contributed by atoms with Crippen molar-refractivity contribution in [2.75, 3.05) is 26.2 Å². The third kappa shape index (κ3) is 5.98. The third-order valence-corrected chi connectivity index (χ3v) is 4.95. The Morgan fingerprint density at radius 1 is 0.545 bits per heavy atom. The van der Waals surface area contributed by atoms with E-state index in [9.17, 15) is 9.59 Å². The van der Waals surface area contributed by atoms with Crippen LogP contribution in [0.5, 0.6) is 0 Å². The normalized spacial score (nSPS) is 18.2. The van der Waals surface area contributed by atoms with Crippen LogP contribution >= 0.6 is 0 Å². The van der Waals surface area contributed by atoms with Crippen molar-refractivity contribution in [1.82, 2.24) is 9.80 Å². The van der Waals surface area contributed by atoms with Gasteiger partial charge < -0.3 is 9.80 Å². The maximum atomic E-state index is 11.9. The molecule has 4 heteroatoms. The van der Waals surface area contributed by atoms with Crippen LogP contribution in [-0.4, -0.2) is 47.8 Å². The third-order valence-electron chi connectivity index (χ3n) is 4.95. The molecule has 2 heterocycles. The molecule has 0 aliphatic carbocycles. The van der Waals surface area contributed by atoms with Crippen molar-refractivity contribution < 1.29 is 9.59 Å². The number of likely N-dealkylation sites (tertiary alicyclic amines) is 2. The second-order valence-corrected chi connectivity index (χ2v) is 6.80. The van der Waals surface area contributed by atoms with E-state index in [2.05, 4.69) is 0 Å². The zero-order valence-corrected chi connectivity index (χ0v) is 14.0. The Bertz CT molecular complexity index is 311. The molecular formula is C18H32N2O2. The van der Waals surface area contributed by atoms with E-state index in [0.29, 0.717) is 11.8 Å². The molecule has 4 nitrogen and oxygen atoms in total. The number of carbonyl (C=O) groups excluding carboxylic acids is 2. The van der Waals surface area contributed by atoms with E-state index in [1.54, 1.807) is 0 Å². The van der Waals surface area contributed by atoms with E-state index < -0.39 is 0 Å². The molecule has 2 amide bonds. The molecule has 126 valence electrons. The van der Waals surface area contributed by atoms with Gasteiger partial charge in [-0.1, -0.05) is 25.7 Å². The van der Waals surface area contributed by atoms with Crippen LogP contribution in [0.2, 0.25) is 0 Å². The van der Waals surface area contributed by atoms with Gasteiger partial charge in [-0.3, -0.25) is 9.59 Å². The van der Waals surface area contributed by atoms with E-state index in [1.807, 2.05) is 9.80 Å². The first kappa shape index (κ1) is 17.3. The predicted octanol–water partition coefficient (Wildman–Crippen LogP) is 3.35. The van der Waals surface area contributed by atoms with Crippen LogP contribution in [0.3, 0.4) is 0 Å². The standard InChI is InChI=1S/C18H32N2O2/c21-17(19-13-7-8-14-19)11-5-3-1-2-4-6-12-18(22)20-15-9-10-16-20/h1-16H2. The summed E-state index contributed by atoms with van der Waals surface area (Å²) >= 11 is 0. The fraction of sp³-hybridized carbons (Fsp3) is 0.889. The Morgan fingerprint density at radius 3 is 1.23 bits per heavy atom. The van der Waals surface area contributed by atoms with Gasteiger partial charge >= 0.3 is 0 Å². The molecular weight excluding hydrogens is 276 g/mol. The van der Waals surface area contributed by atoms with Crippen molar-refractivity contribution in [3.63, 3.8) is 0 Å². The molecule has 2 rings (SSSR count). The minimum atomic E-state index is 0.355. The molecule has 0 unspecified atom stereocenters. The summed E-state index contributed by atoms with van der Waals surface area (Å²) in [5.41, 5.74) is 0. The monoisotopic (exact) mass is 308 g/mol. The largest absolute Gasteiger partial charge is 0.343 e. The lowest BCUT2D eigenvalue weighted by Gasteiger charge is -2.15. The fourth-order valence-electron chi connectivity index (χ4n) is 3.51. The second-order valence-electron chi connectivity index (χ2n) is 6.80. The van der Waals surface area contributed by atoms with E-state index in [1.165, 1.54) is 38.5 Å². The highest BCUT2D eigenvalue weighted by molar-refractivity contribution is 5.76. The van der Waals surface area contributed by atoms with Gasteiger partial charge in [0.15, 0.2) is 0 Å². The van der Waals surface area contributed by atoms with Crippen molar-refractivity contribution in [2.24, 2.45) is 0 Å². The topological polar surface area (TPSA) is 40.6 Å². The van der Waals surface area contributed by atoms with Gasteiger partial charge in [-0.2, -0.15) is 0 Å². The number of rotatable bonds is 9. The molecule has 0 aromatic rings. The molecule has 0 radical (unpaired) electrons. The van der Waals surface area contributed by atoms with Crippen LogP contribution in [0.4, 0.5) is 0 Å². The highest BCUT2D eigenvalue weighted by atomic mass is 16.2. The molecule has 2 saturated heterocycles. The van der Waals surface area contributed by atoms with Crippen molar-refractivity contribution in [1.29, 1.82) is 0 Å². The van der Waals surface area contributed by atoms with Crippen molar-refractivity contribution in [3.8, 4) is 0 Å². The summed E-state index contributed by atoms with van der Waals surface area (Å²) in [7, 11) is 0. The summed E-state index contributed by atoms with van der Waals surface area (Å²) in [6.45, 7) is 3.90. The van der Waals surface area contributed by atoms with Gasteiger partial charge in [0, 0.05) is 39.0 Å². The van der Waals surface area contributed by atoms with Crippen LogP contribution in [-0.2, 0) is 9.59 Å². The lowest BCUT2D eigenvalue weighted by molar-refractivity contribution is -0.131. The summed E-state index contributed by atoms with van der Waals surface area (Å²) in [6, 6.07) is 0. The van der Waals surface area contributed by atoms with Crippen LogP contribution in [0, 0.1) is 0 Å². The fourth-order valence-corrected chi connectivity index (χ4v) is 3.51. The maximum absolute atomic E-state index is 11.9. The average molecular weight is 308 g/mol. The highest BCUT2D eigenvalue weighted by Crippen LogP contribution is 2.14. The Balaban J connectivity index is 1.38. The minimum absolute atomic E-state index is 0.355. The Kier molecular flexibility index (Phi) is 7.75. The van der Waals surface area contributed by atoms with Crippen molar-refractivity contribution in [2.45, 2.75) is 77.0 Å². The SMILES string of the molecule is O=C(CCCCCCCCC(=O)N1CCCC1)N1CCCC1. The summed E-state index contributed by atoms with van der Waals surface area (Å²) in [5.74, 6) is 0.711.